The van der Waals surface area contributed by atoms with Gasteiger partial charge in [0.25, 0.3) is 0 Å². The molecule has 1 aromatic carbocycles. The van der Waals surface area contributed by atoms with Crippen LogP contribution in [0.4, 0.5) is 0 Å². The van der Waals surface area contributed by atoms with Crippen molar-refractivity contribution >= 4 is 10.0 Å². The van der Waals surface area contributed by atoms with Gasteiger partial charge in [-0.1, -0.05) is 6.07 Å². The van der Waals surface area contributed by atoms with E-state index in [1.54, 1.807) is 42.0 Å². The van der Waals surface area contributed by atoms with Crippen LogP contribution in [0.5, 0.6) is 5.75 Å². The van der Waals surface area contributed by atoms with E-state index in [-0.39, 0.29) is 4.90 Å². The molecule has 0 saturated carbocycles. The van der Waals surface area contributed by atoms with Crippen LogP contribution in [0.15, 0.2) is 66.0 Å². The minimum absolute atomic E-state index is 0.273. The summed E-state index contributed by atoms with van der Waals surface area (Å²) in [6, 6.07) is 12.2. The lowest BCUT2D eigenvalue weighted by Crippen LogP contribution is -2.42. The molecule has 0 fully saturated rings. The number of aromatic nitrogens is 2. The Labute approximate surface area is 159 Å². The Morgan fingerprint density at radius 3 is 2.70 bits per heavy atom. The zero-order valence-corrected chi connectivity index (χ0v) is 16.1. The molecular weight excluding hydrogens is 362 g/mol. The maximum absolute atomic E-state index is 13.5. The van der Waals surface area contributed by atoms with Gasteiger partial charge in [0.05, 0.1) is 18.0 Å². The summed E-state index contributed by atoms with van der Waals surface area (Å²) in [5.41, 5.74) is 2.59. The van der Waals surface area contributed by atoms with Gasteiger partial charge in [0, 0.05) is 37.4 Å². The lowest BCUT2D eigenvalue weighted by molar-refractivity contribution is 0.298. The lowest BCUT2D eigenvalue weighted by Gasteiger charge is -2.36. The topological polar surface area (TPSA) is 64.4 Å². The van der Waals surface area contributed by atoms with Gasteiger partial charge < -0.3 is 9.30 Å². The smallest absolute Gasteiger partial charge is 0.244 e. The van der Waals surface area contributed by atoms with Crippen molar-refractivity contribution in [1.29, 1.82) is 0 Å². The predicted molar refractivity (Wildman–Crippen MR) is 102 cm³/mol. The van der Waals surface area contributed by atoms with Crippen LogP contribution in [0.25, 0.3) is 0 Å². The number of pyridine rings is 1. The summed E-state index contributed by atoms with van der Waals surface area (Å²) in [5, 5.41) is 0. The Kier molecular flexibility index (Phi) is 4.49. The summed E-state index contributed by atoms with van der Waals surface area (Å²) < 4.78 is 36.0. The number of nitrogens with zero attached hydrogens (tertiary/aromatic N) is 3. The number of sulfonamides is 1. The van der Waals surface area contributed by atoms with Crippen LogP contribution < -0.4 is 4.74 Å². The van der Waals surface area contributed by atoms with E-state index < -0.39 is 16.1 Å². The van der Waals surface area contributed by atoms with Crippen molar-refractivity contribution in [2.24, 2.45) is 0 Å². The Bertz CT molecular complexity index is 1060. The number of fused-ring (bicyclic) bond motifs is 1. The molecule has 1 aliphatic heterocycles. The normalized spacial score (nSPS) is 17.5. The molecule has 1 aliphatic rings. The third-order valence-electron chi connectivity index (χ3n) is 4.97. The van der Waals surface area contributed by atoms with Crippen LogP contribution in [0.2, 0.25) is 0 Å². The van der Waals surface area contributed by atoms with Gasteiger partial charge in [0.2, 0.25) is 10.0 Å². The minimum atomic E-state index is -3.69. The highest BCUT2D eigenvalue weighted by Crippen LogP contribution is 2.36. The number of benzene rings is 1. The first-order valence-corrected chi connectivity index (χ1v) is 10.2. The van der Waals surface area contributed by atoms with E-state index in [1.807, 2.05) is 37.4 Å². The first kappa shape index (κ1) is 17.8. The SMILES string of the molecule is COc1ccc(S(=O)(=O)N2CCn3cccc3C2c2cccnc2)cc1C. The van der Waals surface area contributed by atoms with Crippen LogP contribution in [-0.2, 0) is 16.6 Å². The second kappa shape index (κ2) is 6.83. The summed E-state index contributed by atoms with van der Waals surface area (Å²) in [6.45, 7) is 2.86. The van der Waals surface area contributed by atoms with Crippen molar-refractivity contribution < 1.29 is 13.2 Å². The average Bonchev–Trinajstić information content (AvgIpc) is 3.16. The zero-order chi connectivity index (χ0) is 19.0. The molecule has 0 aliphatic carbocycles. The molecule has 1 atom stereocenters. The highest BCUT2D eigenvalue weighted by Gasteiger charge is 2.37. The Balaban J connectivity index is 1.82. The largest absolute Gasteiger partial charge is 0.496 e. The van der Waals surface area contributed by atoms with Gasteiger partial charge in [-0.25, -0.2) is 8.42 Å². The second-order valence-electron chi connectivity index (χ2n) is 6.56. The standard InChI is InChI=1S/C20H21N3O3S/c1-15-13-17(7-8-19(15)26-2)27(24,25)23-12-11-22-10-4-6-18(22)20(23)16-5-3-9-21-14-16/h3-10,13-14,20H,11-12H2,1-2H3. The molecule has 0 saturated heterocycles. The number of rotatable bonds is 4. The van der Waals surface area contributed by atoms with Crippen LogP contribution in [0.1, 0.15) is 22.9 Å². The highest BCUT2D eigenvalue weighted by atomic mass is 32.2. The Morgan fingerprint density at radius 1 is 1.15 bits per heavy atom. The third-order valence-corrected chi connectivity index (χ3v) is 6.83. The highest BCUT2D eigenvalue weighted by molar-refractivity contribution is 7.89. The summed E-state index contributed by atoms with van der Waals surface area (Å²) in [5.74, 6) is 0.672. The van der Waals surface area contributed by atoms with Crippen LogP contribution in [-0.4, -0.2) is 35.9 Å². The number of aryl methyl sites for hydroxylation is 1. The molecule has 3 heterocycles. The third kappa shape index (κ3) is 3.02. The molecule has 2 aromatic heterocycles. The van der Waals surface area contributed by atoms with Crippen molar-refractivity contribution in [3.63, 3.8) is 0 Å². The van der Waals surface area contributed by atoms with Gasteiger partial charge in [-0.05, 0) is 54.4 Å². The van der Waals surface area contributed by atoms with Gasteiger partial charge in [-0.3, -0.25) is 4.98 Å². The van der Waals surface area contributed by atoms with E-state index in [4.69, 9.17) is 4.74 Å². The maximum atomic E-state index is 13.5. The fraction of sp³-hybridized carbons (Fsp3) is 0.250. The molecular formula is C20H21N3O3S. The summed E-state index contributed by atoms with van der Waals surface area (Å²) in [6.07, 6.45) is 5.41. The monoisotopic (exact) mass is 383 g/mol. The summed E-state index contributed by atoms with van der Waals surface area (Å²) in [7, 11) is -2.11. The molecule has 0 N–H and O–H groups in total. The Hall–Kier alpha value is -2.64. The van der Waals surface area contributed by atoms with Crippen molar-refractivity contribution in [3.05, 3.63) is 77.9 Å². The predicted octanol–water partition coefficient (Wildman–Crippen LogP) is 2.99. The lowest BCUT2D eigenvalue weighted by atomic mass is 10.0. The maximum Gasteiger partial charge on any atom is 0.244 e. The zero-order valence-electron chi connectivity index (χ0n) is 15.2. The second-order valence-corrected chi connectivity index (χ2v) is 8.45. The van der Waals surface area contributed by atoms with Gasteiger partial charge in [0.15, 0.2) is 0 Å². The molecule has 6 nitrogen and oxygen atoms in total. The van der Waals surface area contributed by atoms with Gasteiger partial charge in [-0.15, -0.1) is 0 Å². The van der Waals surface area contributed by atoms with E-state index in [0.29, 0.717) is 18.8 Å². The fourth-order valence-electron chi connectivity index (χ4n) is 3.64. The summed E-state index contributed by atoms with van der Waals surface area (Å²) in [4.78, 5) is 4.47. The van der Waals surface area contributed by atoms with Crippen LogP contribution in [0, 0.1) is 6.92 Å². The van der Waals surface area contributed by atoms with E-state index in [0.717, 1.165) is 16.8 Å². The van der Waals surface area contributed by atoms with E-state index in [1.165, 1.54) is 0 Å². The molecule has 0 amide bonds. The quantitative estimate of drug-likeness (QED) is 0.695. The minimum Gasteiger partial charge on any atom is -0.496 e. The number of hydrogen-bond acceptors (Lipinski definition) is 4. The molecule has 3 aromatic rings. The van der Waals surface area contributed by atoms with Crippen molar-refractivity contribution in [3.8, 4) is 5.75 Å². The molecule has 1 unspecified atom stereocenters. The molecule has 7 heteroatoms. The van der Waals surface area contributed by atoms with Gasteiger partial charge in [-0.2, -0.15) is 4.31 Å². The van der Waals surface area contributed by atoms with Crippen molar-refractivity contribution in [2.45, 2.75) is 24.4 Å². The van der Waals surface area contributed by atoms with Crippen LogP contribution >= 0.6 is 0 Å². The van der Waals surface area contributed by atoms with Crippen molar-refractivity contribution in [1.82, 2.24) is 13.9 Å². The first-order chi connectivity index (χ1) is 13.0. The number of methoxy groups -OCH3 is 1. The molecule has 27 heavy (non-hydrogen) atoms. The fourth-order valence-corrected chi connectivity index (χ4v) is 5.31. The van der Waals surface area contributed by atoms with Gasteiger partial charge in [0.1, 0.15) is 5.75 Å². The average molecular weight is 383 g/mol. The van der Waals surface area contributed by atoms with Crippen molar-refractivity contribution in [2.75, 3.05) is 13.7 Å². The van der Waals surface area contributed by atoms with Crippen LogP contribution in [0.3, 0.4) is 0 Å². The molecule has 0 spiro atoms. The molecule has 0 radical (unpaired) electrons. The molecule has 0 bridgehead atoms. The number of ether oxygens (including phenoxy) is 1. The van der Waals surface area contributed by atoms with Gasteiger partial charge >= 0.3 is 0 Å². The summed E-state index contributed by atoms with van der Waals surface area (Å²) >= 11 is 0. The van der Waals surface area contributed by atoms with E-state index in [2.05, 4.69) is 9.55 Å². The molecule has 4 rings (SSSR count). The Morgan fingerprint density at radius 2 is 2.00 bits per heavy atom. The molecule has 140 valence electrons. The number of hydrogen-bond donors (Lipinski definition) is 0. The van der Waals surface area contributed by atoms with E-state index in [9.17, 15) is 8.42 Å². The first-order valence-electron chi connectivity index (χ1n) is 8.74. The van der Waals surface area contributed by atoms with E-state index >= 15 is 0 Å².